The molecule has 3 N–H and O–H groups in total. The van der Waals surface area contributed by atoms with Gasteiger partial charge < -0.3 is 24.9 Å². The smallest absolute Gasteiger partial charge is 0.317 e. The van der Waals surface area contributed by atoms with Gasteiger partial charge in [0.15, 0.2) is 0 Å². The standard InChI is InChI=1S/C36H42ClFN4O3Si/c1-35(2,3)46(27-15-8-6-9-16-27,28-17-10-7-11-18-28)45-24-36(4,5)23-40-34(44)41-19-20-42-29(22-41)31(33(39)43)30(32(42)37)25-13-12-14-26(38)21-25/h6-18,21H,19-20,22-24H2,1-5H3,(H2,39,43)(H,40,44). The van der Waals surface area contributed by atoms with Crippen LogP contribution >= 0.6 is 11.6 Å². The van der Waals surface area contributed by atoms with Crippen LogP contribution < -0.4 is 21.4 Å². The summed E-state index contributed by atoms with van der Waals surface area (Å²) in [6.45, 7) is 12.6. The van der Waals surface area contributed by atoms with E-state index in [0.29, 0.717) is 48.2 Å². The van der Waals surface area contributed by atoms with E-state index in [2.05, 4.69) is 88.5 Å². The first-order chi connectivity index (χ1) is 21.7. The molecular weight excluding hydrogens is 619 g/mol. The molecule has 10 heteroatoms. The minimum atomic E-state index is -2.74. The number of halogens is 2. The van der Waals surface area contributed by atoms with Crippen LogP contribution in [0.5, 0.6) is 0 Å². The predicted octanol–water partition coefficient (Wildman–Crippen LogP) is 6.17. The Bertz CT molecular complexity index is 1680. The number of benzene rings is 3. The highest BCUT2D eigenvalue weighted by Gasteiger charge is 2.50. The van der Waals surface area contributed by atoms with E-state index in [4.69, 9.17) is 21.8 Å². The highest BCUT2D eigenvalue weighted by Crippen LogP contribution is 2.39. The number of carbonyl (C=O) groups excluding carboxylic acids is 2. The number of carbonyl (C=O) groups is 2. The second-order valence-electron chi connectivity index (χ2n) is 13.7. The second-order valence-corrected chi connectivity index (χ2v) is 18.4. The summed E-state index contributed by atoms with van der Waals surface area (Å²) < 4.78 is 23.0. The van der Waals surface area contributed by atoms with Crippen LogP contribution in [0.25, 0.3) is 11.1 Å². The molecule has 5 rings (SSSR count). The quantitative estimate of drug-likeness (QED) is 0.210. The van der Waals surface area contributed by atoms with Crippen molar-refractivity contribution in [2.24, 2.45) is 11.1 Å². The molecule has 0 bridgehead atoms. The molecule has 1 aromatic heterocycles. The number of rotatable bonds is 9. The molecule has 7 nitrogen and oxygen atoms in total. The van der Waals surface area contributed by atoms with Crippen molar-refractivity contribution in [1.29, 1.82) is 0 Å². The minimum absolute atomic E-state index is 0.137. The first-order valence-corrected chi connectivity index (χ1v) is 17.8. The summed E-state index contributed by atoms with van der Waals surface area (Å²) in [5.74, 6) is -1.13. The molecule has 3 aromatic carbocycles. The van der Waals surface area contributed by atoms with E-state index >= 15 is 0 Å². The maximum Gasteiger partial charge on any atom is 0.317 e. The van der Waals surface area contributed by atoms with Gasteiger partial charge in [-0.05, 0) is 33.1 Å². The van der Waals surface area contributed by atoms with Gasteiger partial charge in [-0.3, -0.25) is 4.79 Å². The maximum atomic E-state index is 14.1. The lowest BCUT2D eigenvalue weighted by Crippen LogP contribution is -2.67. The zero-order valence-corrected chi connectivity index (χ0v) is 28.8. The van der Waals surface area contributed by atoms with Crippen molar-refractivity contribution in [3.05, 3.63) is 107 Å². The van der Waals surface area contributed by atoms with Gasteiger partial charge in [0.25, 0.3) is 14.2 Å². The number of hydrogen-bond acceptors (Lipinski definition) is 3. The number of hydrogen-bond donors (Lipinski definition) is 2. The van der Waals surface area contributed by atoms with Crippen LogP contribution in [-0.2, 0) is 17.5 Å². The van der Waals surface area contributed by atoms with E-state index in [1.165, 1.54) is 22.5 Å². The molecule has 3 amide bonds. The molecule has 0 atom stereocenters. The van der Waals surface area contributed by atoms with Crippen LogP contribution in [0.4, 0.5) is 9.18 Å². The van der Waals surface area contributed by atoms with Crippen molar-refractivity contribution in [2.45, 2.75) is 52.7 Å². The first-order valence-electron chi connectivity index (χ1n) is 15.5. The third-order valence-electron chi connectivity index (χ3n) is 8.70. The molecule has 1 aliphatic heterocycles. The summed E-state index contributed by atoms with van der Waals surface area (Å²) in [6, 6.07) is 26.6. The van der Waals surface area contributed by atoms with Crippen LogP contribution in [0.1, 0.15) is 50.7 Å². The molecule has 0 aliphatic carbocycles. The molecule has 0 spiro atoms. The van der Waals surface area contributed by atoms with Crippen LogP contribution in [-0.4, -0.2) is 49.4 Å². The zero-order chi connectivity index (χ0) is 33.3. The normalized spacial score (nSPS) is 13.8. The lowest BCUT2D eigenvalue weighted by molar-refractivity contribution is 0.0997. The summed E-state index contributed by atoms with van der Waals surface area (Å²) in [6.07, 6.45) is 0. The highest BCUT2D eigenvalue weighted by atomic mass is 35.5. The summed E-state index contributed by atoms with van der Waals surface area (Å²) in [7, 11) is -2.74. The molecule has 0 radical (unpaired) electrons. The number of amides is 3. The van der Waals surface area contributed by atoms with Crippen molar-refractivity contribution >= 4 is 42.2 Å². The van der Waals surface area contributed by atoms with Crippen molar-refractivity contribution in [2.75, 3.05) is 19.7 Å². The summed E-state index contributed by atoms with van der Waals surface area (Å²) in [5, 5.41) is 5.64. The Kier molecular flexibility index (Phi) is 9.49. The van der Waals surface area contributed by atoms with Crippen molar-refractivity contribution < 1.29 is 18.4 Å². The fourth-order valence-electron chi connectivity index (χ4n) is 6.40. The van der Waals surface area contributed by atoms with Gasteiger partial charge >= 0.3 is 6.03 Å². The molecule has 0 saturated heterocycles. The lowest BCUT2D eigenvalue weighted by atomic mass is 9.95. The largest absolute Gasteiger partial charge is 0.407 e. The third kappa shape index (κ3) is 6.49. The monoisotopic (exact) mass is 660 g/mol. The fraction of sp³-hybridized carbons (Fsp3) is 0.333. The Balaban J connectivity index is 1.33. The van der Waals surface area contributed by atoms with E-state index in [0.717, 1.165) is 0 Å². The van der Waals surface area contributed by atoms with E-state index in [-0.39, 0.29) is 23.2 Å². The van der Waals surface area contributed by atoms with Crippen LogP contribution in [0, 0.1) is 11.2 Å². The van der Waals surface area contributed by atoms with Gasteiger partial charge in [-0.1, -0.05) is 119 Å². The highest BCUT2D eigenvalue weighted by molar-refractivity contribution is 6.99. The van der Waals surface area contributed by atoms with Crippen LogP contribution in [0.2, 0.25) is 10.2 Å². The van der Waals surface area contributed by atoms with Crippen molar-refractivity contribution in [3.63, 3.8) is 0 Å². The lowest BCUT2D eigenvalue weighted by Gasteiger charge is -2.44. The minimum Gasteiger partial charge on any atom is -0.407 e. The maximum absolute atomic E-state index is 14.1. The number of nitrogens with two attached hydrogens (primary N) is 1. The molecule has 46 heavy (non-hydrogen) atoms. The Hall–Kier alpha value is -3.92. The second kappa shape index (κ2) is 13.1. The van der Waals surface area contributed by atoms with Crippen molar-refractivity contribution in [3.8, 4) is 11.1 Å². The molecule has 0 unspecified atom stereocenters. The van der Waals surface area contributed by atoms with Gasteiger partial charge in [0, 0.05) is 37.2 Å². The van der Waals surface area contributed by atoms with Crippen LogP contribution in [0.15, 0.2) is 84.9 Å². The van der Waals surface area contributed by atoms with Gasteiger partial charge in [-0.2, -0.15) is 0 Å². The molecule has 2 heterocycles. The van der Waals surface area contributed by atoms with Crippen LogP contribution in [0.3, 0.4) is 0 Å². The average molecular weight is 661 g/mol. The molecule has 1 aliphatic rings. The molecule has 4 aromatic rings. The number of nitrogens with zero attached hydrogens (tertiary/aromatic N) is 2. The topological polar surface area (TPSA) is 89.6 Å². The Morgan fingerprint density at radius 2 is 1.54 bits per heavy atom. The Morgan fingerprint density at radius 3 is 2.09 bits per heavy atom. The molecule has 0 saturated carbocycles. The Morgan fingerprint density at radius 1 is 0.935 bits per heavy atom. The fourth-order valence-corrected chi connectivity index (χ4v) is 11.6. The molecule has 0 fully saturated rings. The predicted molar refractivity (Wildman–Crippen MR) is 185 cm³/mol. The number of primary amides is 1. The summed E-state index contributed by atoms with van der Waals surface area (Å²) in [5.41, 5.74) is 6.99. The van der Waals surface area contributed by atoms with E-state index in [1.807, 2.05) is 12.1 Å². The van der Waals surface area contributed by atoms with E-state index < -0.39 is 25.5 Å². The number of fused-ring (bicyclic) bond motifs is 1. The van der Waals surface area contributed by atoms with Gasteiger partial charge in [-0.25, -0.2) is 9.18 Å². The first kappa shape index (κ1) is 33.4. The van der Waals surface area contributed by atoms with E-state index in [9.17, 15) is 14.0 Å². The molecular formula is C36H42ClFN4O3Si. The zero-order valence-electron chi connectivity index (χ0n) is 27.1. The number of aromatic nitrogens is 1. The SMILES string of the molecule is CC(C)(CNC(=O)N1CCn2c(Cl)c(-c3cccc(F)c3)c(C(N)=O)c2C1)CO[Si](c1ccccc1)(c1ccccc1)C(C)(C)C. The Labute approximate surface area is 276 Å². The van der Waals surface area contributed by atoms with Crippen molar-refractivity contribution in [1.82, 2.24) is 14.8 Å². The van der Waals surface area contributed by atoms with E-state index in [1.54, 1.807) is 21.6 Å². The number of urea groups is 1. The summed E-state index contributed by atoms with van der Waals surface area (Å²) >= 11 is 6.72. The molecule has 242 valence electrons. The third-order valence-corrected chi connectivity index (χ3v) is 14.1. The van der Waals surface area contributed by atoms with Gasteiger partial charge in [0.05, 0.1) is 17.8 Å². The van der Waals surface area contributed by atoms with Gasteiger partial charge in [0.1, 0.15) is 11.0 Å². The van der Waals surface area contributed by atoms with Gasteiger partial charge in [0.2, 0.25) is 0 Å². The summed E-state index contributed by atoms with van der Waals surface area (Å²) in [4.78, 5) is 27.8. The average Bonchev–Trinajstić information content (AvgIpc) is 3.32. The van der Waals surface area contributed by atoms with Gasteiger partial charge in [-0.15, -0.1) is 0 Å². The number of nitrogens with one attached hydrogen (secondary N) is 1.